The predicted octanol–water partition coefficient (Wildman–Crippen LogP) is 11.0. The topological polar surface area (TPSA) is 101 Å². The number of aromatic hydroxyl groups is 5. The molecule has 5 N–H and O–H groups in total. The summed E-state index contributed by atoms with van der Waals surface area (Å²) >= 11 is 0. The lowest BCUT2D eigenvalue weighted by atomic mass is 9.85. The molecule has 0 amide bonds. The van der Waals surface area contributed by atoms with Crippen LogP contribution in [0.1, 0.15) is 0 Å². The number of phenols is 5. The molecule has 0 saturated carbocycles. The number of hydrogen-bond acceptors (Lipinski definition) is 5. The van der Waals surface area contributed by atoms with Gasteiger partial charge >= 0.3 is 0 Å². The normalized spacial score (nSPS) is 11.7. The molecule has 0 bridgehead atoms. The number of rotatable bonds is 3. The first-order valence-corrected chi connectivity index (χ1v) is 16.0. The highest BCUT2D eigenvalue weighted by Crippen LogP contribution is 2.57. The van der Waals surface area contributed by atoms with E-state index in [9.17, 15) is 25.5 Å². The molecule has 0 heterocycles. The maximum atomic E-state index is 11.0. The van der Waals surface area contributed by atoms with Crippen LogP contribution in [0.4, 0.5) is 0 Å². The Morgan fingerprint density at radius 2 is 0.755 bits per heavy atom. The van der Waals surface area contributed by atoms with Gasteiger partial charge < -0.3 is 25.5 Å². The Hall–Kier alpha value is -6.72. The van der Waals surface area contributed by atoms with Crippen LogP contribution in [-0.4, -0.2) is 25.5 Å². The van der Waals surface area contributed by atoms with E-state index in [1.165, 1.54) is 32.3 Å². The molecule has 0 radical (unpaired) electrons. The second kappa shape index (κ2) is 10.7. The molecule has 9 aromatic rings. The van der Waals surface area contributed by atoms with E-state index in [2.05, 4.69) is 91.0 Å². The van der Waals surface area contributed by atoms with Gasteiger partial charge in [0.2, 0.25) is 17.2 Å². The molecule has 0 unspecified atom stereocenters. The van der Waals surface area contributed by atoms with Gasteiger partial charge in [-0.2, -0.15) is 0 Å². The molecule has 0 fully saturated rings. The van der Waals surface area contributed by atoms with E-state index in [-0.39, 0.29) is 5.56 Å². The second-order valence-electron chi connectivity index (χ2n) is 12.4. The fourth-order valence-corrected chi connectivity index (χ4v) is 7.48. The summed E-state index contributed by atoms with van der Waals surface area (Å²) < 4.78 is 0. The lowest BCUT2D eigenvalue weighted by Crippen LogP contribution is -1.92. The summed E-state index contributed by atoms with van der Waals surface area (Å²) in [7, 11) is 0. The molecule has 0 aliphatic rings. The molecule has 5 nitrogen and oxygen atoms in total. The first kappa shape index (κ1) is 28.5. The highest BCUT2D eigenvalue weighted by Gasteiger charge is 2.28. The van der Waals surface area contributed by atoms with Crippen LogP contribution in [0.5, 0.6) is 28.7 Å². The fraction of sp³-hybridized carbons (Fsp3) is 0. The molecule has 0 atom stereocenters. The fourth-order valence-electron chi connectivity index (χ4n) is 7.48. The van der Waals surface area contributed by atoms with Crippen molar-refractivity contribution >= 4 is 53.9 Å². The smallest absolute Gasteiger partial charge is 0.208 e. The zero-order valence-corrected chi connectivity index (χ0v) is 26.0. The summed E-state index contributed by atoms with van der Waals surface area (Å²) in [5.41, 5.74) is 4.42. The highest BCUT2D eigenvalue weighted by molar-refractivity contribution is 6.23. The molecular formula is C44H28O5. The first-order valence-electron chi connectivity index (χ1n) is 16.0. The molecule has 0 aromatic heterocycles. The largest absolute Gasteiger partial charge is 0.504 e. The number of phenolic OH excluding ortho intramolecular Hbond substituents is 5. The molecule has 234 valence electrons. The Morgan fingerprint density at radius 3 is 1.37 bits per heavy atom. The zero-order chi connectivity index (χ0) is 33.4. The lowest BCUT2D eigenvalue weighted by Gasteiger charge is -2.20. The van der Waals surface area contributed by atoms with Crippen LogP contribution >= 0.6 is 0 Å². The van der Waals surface area contributed by atoms with Crippen LogP contribution in [0.3, 0.4) is 0 Å². The van der Waals surface area contributed by atoms with Crippen LogP contribution in [0.15, 0.2) is 140 Å². The summed E-state index contributed by atoms with van der Waals surface area (Å²) in [6, 6.07) is 47.6. The van der Waals surface area contributed by atoms with E-state index in [1.54, 1.807) is 0 Å². The lowest BCUT2D eigenvalue weighted by molar-refractivity contribution is 0.330. The highest BCUT2D eigenvalue weighted by atomic mass is 16.4. The van der Waals surface area contributed by atoms with Crippen molar-refractivity contribution in [3.05, 3.63) is 140 Å². The first-order chi connectivity index (χ1) is 23.9. The average Bonchev–Trinajstić information content (AvgIpc) is 3.15. The Morgan fingerprint density at radius 1 is 0.265 bits per heavy atom. The van der Waals surface area contributed by atoms with Crippen molar-refractivity contribution in [2.24, 2.45) is 0 Å². The van der Waals surface area contributed by atoms with Gasteiger partial charge in [0.25, 0.3) is 0 Å². The molecular weight excluding hydrogens is 608 g/mol. The van der Waals surface area contributed by atoms with Gasteiger partial charge in [-0.3, -0.25) is 0 Å². The standard InChI is InChI=1S/C44H28O5/c45-40-39(41(46)43(48)44(49)42(40)47)38-34-12-5-3-10-32(34)37(33-11-4-6-13-35(33)38)25-18-16-24(17-19-25)29-14-7-15-30-31(29)21-20-28-22-26-8-1-2-9-27(26)23-36(28)30/h1-23,45-49H. The van der Waals surface area contributed by atoms with Gasteiger partial charge in [0.05, 0.1) is 5.56 Å². The number of benzene rings is 9. The minimum atomic E-state index is -0.989. The zero-order valence-electron chi connectivity index (χ0n) is 26.0. The Balaban J connectivity index is 1.24. The van der Waals surface area contributed by atoms with E-state index in [0.717, 1.165) is 33.0 Å². The Labute approximate surface area is 280 Å². The molecule has 9 aromatic carbocycles. The minimum absolute atomic E-state index is 0.168. The summed E-state index contributed by atoms with van der Waals surface area (Å²) in [6.07, 6.45) is 0. The summed E-state index contributed by atoms with van der Waals surface area (Å²) in [4.78, 5) is 0. The molecule has 0 aliphatic heterocycles. The van der Waals surface area contributed by atoms with Crippen molar-refractivity contribution in [1.29, 1.82) is 0 Å². The van der Waals surface area contributed by atoms with E-state index in [0.29, 0.717) is 16.3 Å². The minimum Gasteiger partial charge on any atom is -0.504 e. The second-order valence-corrected chi connectivity index (χ2v) is 12.4. The predicted molar refractivity (Wildman–Crippen MR) is 199 cm³/mol. The van der Waals surface area contributed by atoms with Crippen molar-refractivity contribution in [2.75, 3.05) is 0 Å². The van der Waals surface area contributed by atoms with Crippen LogP contribution in [0.25, 0.3) is 87.2 Å². The molecule has 0 saturated heterocycles. The van der Waals surface area contributed by atoms with Gasteiger partial charge in [-0.1, -0.05) is 127 Å². The quantitative estimate of drug-likeness (QED) is 0.0575. The maximum Gasteiger partial charge on any atom is 0.208 e. The van der Waals surface area contributed by atoms with Gasteiger partial charge in [-0.15, -0.1) is 0 Å². The van der Waals surface area contributed by atoms with E-state index < -0.39 is 28.7 Å². The number of hydrogen-bond donors (Lipinski definition) is 5. The maximum absolute atomic E-state index is 11.0. The van der Waals surface area contributed by atoms with Crippen LogP contribution in [0.2, 0.25) is 0 Å². The van der Waals surface area contributed by atoms with Gasteiger partial charge in [-0.05, 0) is 88.2 Å². The van der Waals surface area contributed by atoms with E-state index in [1.807, 2.05) is 48.5 Å². The van der Waals surface area contributed by atoms with E-state index >= 15 is 0 Å². The van der Waals surface area contributed by atoms with Crippen molar-refractivity contribution in [3.8, 4) is 62.1 Å². The SMILES string of the molecule is Oc1c(O)c(O)c(-c2c3ccccc3c(-c3ccc(-c4cccc5c4ccc4cc6ccccc6cc45)cc3)c3ccccc23)c(O)c1O. The van der Waals surface area contributed by atoms with Crippen molar-refractivity contribution in [1.82, 2.24) is 0 Å². The van der Waals surface area contributed by atoms with Gasteiger partial charge in [0.1, 0.15) is 0 Å². The van der Waals surface area contributed by atoms with Gasteiger partial charge in [0, 0.05) is 5.56 Å². The number of fused-ring (bicyclic) bond motifs is 6. The molecule has 49 heavy (non-hydrogen) atoms. The van der Waals surface area contributed by atoms with Crippen molar-refractivity contribution in [3.63, 3.8) is 0 Å². The summed E-state index contributed by atoms with van der Waals surface area (Å²) in [5, 5.41) is 63.2. The third-order valence-corrected chi connectivity index (χ3v) is 9.78. The van der Waals surface area contributed by atoms with Crippen LogP contribution < -0.4 is 0 Å². The monoisotopic (exact) mass is 636 g/mol. The van der Waals surface area contributed by atoms with Gasteiger partial charge in [0.15, 0.2) is 11.5 Å². The summed E-state index contributed by atoms with van der Waals surface area (Å²) in [5.74, 6) is -4.26. The van der Waals surface area contributed by atoms with E-state index in [4.69, 9.17) is 0 Å². The molecule has 0 aliphatic carbocycles. The third kappa shape index (κ3) is 4.19. The molecule has 9 rings (SSSR count). The third-order valence-electron chi connectivity index (χ3n) is 9.78. The van der Waals surface area contributed by atoms with Gasteiger partial charge in [-0.25, -0.2) is 0 Å². The van der Waals surface area contributed by atoms with Crippen molar-refractivity contribution in [2.45, 2.75) is 0 Å². The molecule has 0 spiro atoms. The Bertz CT molecular complexity index is 2730. The van der Waals surface area contributed by atoms with Crippen LogP contribution in [0, 0.1) is 0 Å². The van der Waals surface area contributed by atoms with Crippen molar-refractivity contribution < 1.29 is 25.5 Å². The average molecular weight is 637 g/mol. The Kier molecular flexibility index (Phi) is 6.20. The molecule has 5 heteroatoms. The summed E-state index contributed by atoms with van der Waals surface area (Å²) in [6.45, 7) is 0. The van der Waals surface area contributed by atoms with Crippen LogP contribution in [-0.2, 0) is 0 Å².